The molecule has 0 saturated carbocycles. The van der Waals surface area contributed by atoms with Crippen molar-refractivity contribution in [3.8, 4) is 28.4 Å². The fourth-order valence-electron chi connectivity index (χ4n) is 6.05. The maximum Gasteiger partial charge on any atom is 1.00 e. The van der Waals surface area contributed by atoms with Crippen LogP contribution >= 0.6 is 0 Å². The molecule has 0 fully saturated rings. The zero-order chi connectivity index (χ0) is 42.2. The van der Waals surface area contributed by atoms with Gasteiger partial charge in [0.2, 0.25) is 0 Å². The van der Waals surface area contributed by atoms with Gasteiger partial charge < -0.3 is 26.4 Å². The first-order valence-electron chi connectivity index (χ1n) is 17.2. The van der Waals surface area contributed by atoms with E-state index in [0.717, 1.165) is 23.3 Å². The van der Waals surface area contributed by atoms with Crippen molar-refractivity contribution in [2.24, 2.45) is 30.7 Å². The Balaban J connectivity index is 0.00000352. The molecule has 0 amide bonds. The van der Waals surface area contributed by atoms with Gasteiger partial charge in [-0.1, -0.05) is 47.9 Å². The fourth-order valence-corrected chi connectivity index (χ4v) is 7.36. The van der Waals surface area contributed by atoms with Gasteiger partial charge in [0.15, 0.2) is 0 Å². The van der Waals surface area contributed by atoms with Gasteiger partial charge in [0.1, 0.15) is 21.2 Å². The largest absolute Gasteiger partial charge is 1.00 e. The normalized spacial score (nSPS) is 12.0. The molecule has 0 aliphatic carbocycles. The number of rotatable bonds is 10. The van der Waals surface area contributed by atoms with Crippen LogP contribution in [0.4, 0.5) is 45.5 Å². The molecule has 0 spiro atoms. The minimum atomic E-state index is -4.85. The van der Waals surface area contributed by atoms with Crippen molar-refractivity contribution in [2.45, 2.75) is 16.7 Å². The molecule has 21 heteroatoms. The van der Waals surface area contributed by atoms with Gasteiger partial charge in [0.25, 0.3) is 20.2 Å². The summed E-state index contributed by atoms with van der Waals surface area (Å²) in [6.07, 6.45) is 0. The summed E-state index contributed by atoms with van der Waals surface area (Å²) in [5, 5.41) is 51.8. The SMILES string of the molecule is COc1cc(N=Nc2ccc(-c3ccc(N=Nc4c(S(=O)(=O)O)cc5ccc(N)cc5c4[O-])cc3)cc2)c(C)cc1N=Nc1c(S(=O)(=O)O)cc2ccc(N)cc2c1[O-].[Na+].[Na+]. The van der Waals surface area contributed by atoms with Crippen molar-refractivity contribution in [1.82, 2.24) is 0 Å². The minimum Gasteiger partial charge on any atom is -0.871 e. The number of fused-ring (bicyclic) bond motifs is 2. The summed E-state index contributed by atoms with van der Waals surface area (Å²) in [7, 11) is -8.28. The standard InChI is InChI=1S/C40H32N8O9S2.2Na/c1-21-15-33(46-48-38-36(59(54,55)56)17-25-4-10-27(42)19-31(25)40(38)50)34(57-2)20-32(21)45-43-28-11-5-22(6-12-28)23-7-13-29(14-8-23)44-47-37-35(58(51,52)53)16-24-3-9-26(41)18-30(24)39(37)49;;/h3-20,49-50H,41-42H2,1-2H3,(H,51,52,53)(H,54,55,56);;/q;2*+1/p-2. The van der Waals surface area contributed by atoms with Gasteiger partial charge in [-0.05, 0) is 112 Å². The number of nitrogen functional groups attached to an aromatic ring is 2. The summed E-state index contributed by atoms with van der Waals surface area (Å²) in [6.45, 7) is 1.73. The van der Waals surface area contributed by atoms with Gasteiger partial charge in [0.05, 0.1) is 35.5 Å². The topological polar surface area (TPSA) is 290 Å². The summed E-state index contributed by atoms with van der Waals surface area (Å²) >= 11 is 0. The smallest absolute Gasteiger partial charge is 0.871 e. The summed E-state index contributed by atoms with van der Waals surface area (Å²) in [5.74, 6) is -1.36. The molecule has 0 heterocycles. The third-order valence-corrected chi connectivity index (χ3v) is 10.8. The minimum absolute atomic E-state index is 0. The first-order chi connectivity index (χ1) is 28.0. The Bertz CT molecular complexity index is 3150. The maximum atomic E-state index is 13.2. The first-order valence-corrected chi connectivity index (χ1v) is 20.0. The second kappa shape index (κ2) is 18.7. The molecule has 0 unspecified atom stereocenters. The van der Waals surface area contributed by atoms with E-state index in [0.29, 0.717) is 28.3 Å². The molecule has 6 N–H and O–H groups in total. The average Bonchev–Trinajstić information content (AvgIpc) is 3.19. The van der Waals surface area contributed by atoms with E-state index in [1.54, 1.807) is 55.5 Å². The summed E-state index contributed by atoms with van der Waals surface area (Å²) in [5.41, 5.74) is 14.6. The van der Waals surface area contributed by atoms with Crippen LogP contribution in [0.15, 0.2) is 150 Å². The summed E-state index contributed by atoms with van der Waals surface area (Å²) in [6, 6.07) is 27.9. The van der Waals surface area contributed by atoms with E-state index in [-0.39, 0.29) is 97.8 Å². The Morgan fingerprint density at radius 3 is 1.38 bits per heavy atom. The molecule has 0 saturated heterocycles. The van der Waals surface area contributed by atoms with Crippen LogP contribution in [0.1, 0.15) is 5.56 Å². The summed E-state index contributed by atoms with van der Waals surface area (Å²) < 4.78 is 73.7. The monoisotopic (exact) mass is 876 g/mol. The number of azo groups is 3. The van der Waals surface area contributed by atoms with Crippen molar-refractivity contribution in [2.75, 3.05) is 18.6 Å². The van der Waals surface area contributed by atoms with E-state index in [1.165, 1.54) is 43.5 Å². The number of hydrogen-bond donors (Lipinski definition) is 4. The molecule has 61 heavy (non-hydrogen) atoms. The van der Waals surface area contributed by atoms with Gasteiger partial charge in [-0.15, -0.1) is 15.3 Å². The first kappa shape index (κ1) is 46.7. The molecule has 0 bridgehead atoms. The Kier molecular flexibility index (Phi) is 14.4. The maximum absolute atomic E-state index is 13.2. The van der Waals surface area contributed by atoms with Crippen LogP contribution in [0, 0.1) is 6.92 Å². The zero-order valence-corrected chi connectivity index (χ0v) is 38.4. The molecule has 0 aliphatic rings. The van der Waals surface area contributed by atoms with Crippen molar-refractivity contribution in [1.29, 1.82) is 0 Å². The van der Waals surface area contributed by atoms with E-state index >= 15 is 0 Å². The molecule has 298 valence electrons. The van der Waals surface area contributed by atoms with Gasteiger partial charge in [0, 0.05) is 17.4 Å². The van der Waals surface area contributed by atoms with Crippen molar-refractivity contribution in [3.05, 3.63) is 115 Å². The van der Waals surface area contributed by atoms with E-state index in [1.807, 2.05) is 12.1 Å². The van der Waals surface area contributed by atoms with Crippen molar-refractivity contribution < 1.29 is 100 Å². The third-order valence-electron chi connectivity index (χ3n) is 9.03. The van der Waals surface area contributed by atoms with E-state index in [9.17, 15) is 36.2 Å². The number of benzene rings is 7. The van der Waals surface area contributed by atoms with Crippen molar-refractivity contribution >= 4 is 87.3 Å². The van der Waals surface area contributed by atoms with E-state index in [2.05, 4.69) is 30.7 Å². The predicted molar refractivity (Wildman–Crippen MR) is 217 cm³/mol. The van der Waals surface area contributed by atoms with Crippen LogP contribution in [0.5, 0.6) is 17.2 Å². The number of ether oxygens (including phenoxy) is 1. The molecule has 0 atom stereocenters. The van der Waals surface area contributed by atoms with Gasteiger partial charge in [-0.2, -0.15) is 32.2 Å². The number of nitrogens with two attached hydrogens (primary N) is 2. The molecular weight excluding hydrogens is 847 g/mol. The van der Waals surface area contributed by atoms with Gasteiger partial charge in [-0.3, -0.25) is 9.11 Å². The molecular formula is C40H30N8Na2O9S2. The Labute approximate surface area is 393 Å². The average molecular weight is 877 g/mol. The zero-order valence-electron chi connectivity index (χ0n) is 32.8. The third kappa shape index (κ3) is 10.2. The van der Waals surface area contributed by atoms with Crippen LogP contribution in [0.3, 0.4) is 0 Å². The van der Waals surface area contributed by atoms with Crippen LogP contribution in [0.2, 0.25) is 0 Å². The van der Waals surface area contributed by atoms with Gasteiger partial charge >= 0.3 is 59.1 Å². The number of anilines is 2. The fraction of sp³-hybridized carbons (Fsp3) is 0.0500. The Morgan fingerprint density at radius 1 is 0.541 bits per heavy atom. The van der Waals surface area contributed by atoms with Crippen LogP contribution in [0.25, 0.3) is 32.7 Å². The molecule has 0 aromatic heterocycles. The van der Waals surface area contributed by atoms with Crippen molar-refractivity contribution in [3.63, 3.8) is 0 Å². The number of hydrogen-bond acceptors (Lipinski definition) is 15. The Hall–Kier alpha value is -5.32. The number of aryl methyl sites for hydroxylation is 1. The predicted octanol–water partition coefficient (Wildman–Crippen LogP) is 3.04. The second-order valence-corrected chi connectivity index (χ2v) is 15.8. The molecule has 7 aromatic rings. The van der Waals surface area contributed by atoms with E-state index in [4.69, 9.17) is 16.2 Å². The van der Waals surface area contributed by atoms with Crippen LogP contribution < -0.4 is 85.5 Å². The molecule has 0 radical (unpaired) electrons. The molecule has 7 aromatic carbocycles. The number of methoxy groups -OCH3 is 1. The molecule has 0 aliphatic heterocycles. The van der Waals surface area contributed by atoms with Crippen LogP contribution in [-0.2, 0) is 20.2 Å². The van der Waals surface area contributed by atoms with Gasteiger partial charge in [-0.25, -0.2) is 0 Å². The van der Waals surface area contributed by atoms with Crippen LogP contribution in [-0.4, -0.2) is 33.1 Å². The second-order valence-electron chi connectivity index (χ2n) is 13.0. The van der Waals surface area contributed by atoms with E-state index < -0.39 is 52.9 Å². The summed E-state index contributed by atoms with van der Waals surface area (Å²) in [4.78, 5) is -1.38. The quantitative estimate of drug-likeness (QED) is 0.0670. The Morgan fingerprint density at radius 2 is 0.951 bits per heavy atom. The molecule has 7 rings (SSSR count). The molecule has 17 nitrogen and oxygen atoms in total. The number of nitrogens with zero attached hydrogens (tertiary/aromatic N) is 6.